The molecule has 18 heavy (non-hydrogen) atoms. The fourth-order valence-corrected chi connectivity index (χ4v) is 2.71. The van der Waals surface area contributed by atoms with E-state index in [9.17, 15) is 9.50 Å². The fourth-order valence-electron chi connectivity index (χ4n) is 2.55. The zero-order valence-corrected chi connectivity index (χ0v) is 11.4. The molecule has 1 aromatic carbocycles. The van der Waals surface area contributed by atoms with E-state index in [-0.39, 0.29) is 0 Å². The Morgan fingerprint density at radius 2 is 2.22 bits per heavy atom. The highest BCUT2D eigenvalue weighted by Gasteiger charge is 2.43. The zero-order valence-electron chi connectivity index (χ0n) is 10.7. The van der Waals surface area contributed by atoms with E-state index in [4.69, 9.17) is 16.3 Å². The van der Waals surface area contributed by atoms with Crippen LogP contribution in [0.5, 0.6) is 0 Å². The fraction of sp³-hybridized carbons (Fsp3) is 0.571. The normalized spacial score (nSPS) is 32.5. The van der Waals surface area contributed by atoms with E-state index in [1.165, 1.54) is 6.07 Å². The minimum Gasteiger partial charge on any atom is -0.385 e. The van der Waals surface area contributed by atoms with Crippen LogP contribution in [0.25, 0.3) is 0 Å². The van der Waals surface area contributed by atoms with E-state index in [1.807, 2.05) is 13.8 Å². The molecule has 4 heteroatoms. The molecule has 1 fully saturated rings. The summed E-state index contributed by atoms with van der Waals surface area (Å²) in [6, 6.07) is 4.42. The average Bonchev–Trinajstić information content (AvgIpc) is 2.28. The monoisotopic (exact) mass is 272 g/mol. The van der Waals surface area contributed by atoms with Gasteiger partial charge in [-0.15, -0.1) is 0 Å². The van der Waals surface area contributed by atoms with Crippen molar-refractivity contribution in [3.05, 3.63) is 34.6 Å². The highest BCUT2D eigenvalue weighted by molar-refractivity contribution is 6.30. The lowest BCUT2D eigenvalue weighted by Crippen LogP contribution is -2.45. The van der Waals surface area contributed by atoms with Crippen molar-refractivity contribution in [3.63, 3.8) is 0 Å². The quantitative estimate of drug-likeness (QED) is 0.891. The number of aliphatic hydroxyl groups is 1. The molecular formula is C14H18ClFO2. The van der Waals surface area contributed by atoms with Crippen LogP contribution in [0.3, 0.4) is 0 Å². The summed E-state index contributed by atoms with van der Waals surface area (Å²) < 4.78 is 19.6. The van der Waals surface area contributed by atoms with Crippen LogP contribution in [-0.4, -0.2) is 17.3 Å². The molecule has 0 amide bonds. The van der Waals surface area contributed by atoms with Gasteiger partial charge in [0.05, 0.1) is 17.8 Å². The lowest BCUT2D eigenvalue weighted by atomic mass is 9.77. The second-order valence-corrected chi connectivity index (χ2v) is 5.67. The molecule has 1 aliphatic heterocycles. The van der Waals surface area contributed by atoms with E-state index in [2.05, 4.69) is 0 Å². The molecule has 2 atom stereocenters. The predicted octanol–water partition coefficient (Wildman–Crippen LogP) is 3.65. The topological polar surface area (TPSA) is 29.5 Å². The Kier molecular flexibility index (Phi) is 3.67. The summed E-state index contributed by atoms with van der Waals surface area (Å²) in [5, 5.41) is 11.1. The molecule has 2 nitrogen and oxygen atoms in total. The maximum absolute atomic E-state index is 14.0. The number of benzene rings is 1. The number of rotatable bonds is 2. The Morgan fingerprint density at radius 3 is 2.83 bits per heavy atom. The Labute approximate surface area is 112 Å². The summed E-state index contributed by atoms with van der Waals surface area (Å²) in [7, 11) is 0. The van der Waals surface area contributed by atoms with Crippen molar-refractivity contribution in [3.8, 4) is 0 Å². The number of halogens is 2. The highest BCUT2D eigenvalue weighted by atomic mass is 35.5. The summed E-state index contributed by atoms with van der Waals surface area (Å²) in [5.74, 6) is -0.453. The van der Waals surface area contributed by atoms with Gasteiger partial charge in [-0.05, 0) is 25.5 Å². The first-order valence-electron chi connectivity index (χ1n) is 6.20. The molecule has 0 saturated carbocycles. The van der Waals surface area contributed by atoms with Crippen molar-refractivity contribution in [2.45, 2.75) is 44.3 Å². The van der Waals surface area contributed by atoms with Crippen LogP contribution in [0, 0.1) is 5.82 Å². The van der Waals surface area contributed by atoms with E-state index < -0.39 is 17.0 Å². The maximum Gasteiger partial charge on any atom is 0.130 e. The van der Waals surface area contributed by atoms with E-state index in [1.54, 1.807) is 12.1 Å². The number of hydrogen-bond acceptors (Lipinski definition) is 2. The molecule has 100 valence electrons. The van der Waals surface area contributed by atoms with Gasteiger partial charge in [-0.25, -0.2) is 4.39 Å². The zero-order chi connectivity index (χ0) is 13.4. The second-order valence-electron chi connectivity index (χ2n) is 5.23. The first-order chi connectivity index (χ1) is 8.38. The van der Waals surface area contributed by atoms with Gasteiger partial charge in [0.15, 0.2) is 0 Å². The van der Waals surface area contributed by atoms with Crippen molar-refractivity contribution in [1.29, 1.82) is 0 Å². The Bertz CT molecular complexity index is 451. The first kappa shape index (κ1) is 13.8. The molecule has 1 N–H and O–H groups in total. The predicted molar refractivity (Wildman–Crippen MR) is 69.2 cm³/mol. The van der Waals surface area contributed by atoms with Crippen molar-refractivity contribution >= 4 is 11.6 Å². The van der Waals surface area contributed by atoms with Crippen LogP contribution in [0.2, 0.25) is 5.02 Å². The second kappa shape index (κ2) is 4.80. The van der Waals surface area contributed by atoms with Crippen LogP contribution in [0.4, 0.5) is 4.39 Å². The molecule has 1 saturated heterocycles. The van der Waals surface area contributed by atoms with Gasteiger partial charge in [-0.3, -0.25) is 0 Å². The smallest absolute Gasteiger partial charge is 0.130 e. The minimum absolute atomic E-state index is 0.315. The lowest BCUT2D eigenvalue weighted by Gasteiger charge is -2.43. The van der Waals surface area contributed by atoms with Gasteiger partial charge < -0.3 is 9.84 Å². The van der Waals surface area contributed by atoms with Gasteiger partial charge in [0.25, 0.3) is 0 Å². The van der Waals surface area contributed by atoms with Gasteiger partial charge in [0.1, 0.15) is 5.82 Å². The third kappa shape index (κ3) is 2.53. The first-order valence-corrected chi connectivity index (χ1v) is 6.58. The van der Waals surface area contributed by atoms with Crippen molar-refractivity contribution in [2.24, 2.45) is 0 Å². The van der Waals surface area contributed by atoms with Gasteiger partial charge >= 0.3 is 0 Å². The third-order valence-electron chi connectivity index (χ3n) is 3.81. The van der Waals surface area contributed by atoms with Crippen LogP contribution in [0.1, 0.15) is 38.7 Å². The van der Waals surface area contributed by atoms with Crippen LogP contribution < -0.4 is 0 Å². The molecule has 2 rings (SSSR count). The summed E-state index contributed by atoms with van der Waals surface area (Å²) in [6.45, 7) is 4.39. The van der Waals surface area contributed by atoms with Gasteiger partial charge in [0.2, 0.25) is 0 Å². The standard InChI is InChI=1S/C14H18ClFO2/c1-3-13(2)9-14(17,6-7-18-13)11-5-4-10(15)8-12(11)16/h4-5,8,17H,3,6-7,9H2,1-2H3. The van der Waals surface area contributed by atoms with Crippen molar-refractivity contribution in [1.82, 2.24) is 0 Å². The van der Waals surface area contributed by atoms with Crippen molar-refractivity contribution < 1.29 is 14.2 Å². The third-order valence-corrected chi connectivity index (χ3v) is 4.05. The van der Waals surface area contributed by atoms with Crippen LogP contribution >= 0.6 is 11.6 Å². The molecular weight excluding hydrogens is 255 g/mol. The van der Waals surface area contributed by atoms with Gasteiger partial charge in [0, 0.05) is 23.4 Å². The van der Waals surface area contributed by atoms with E-state index in [0.29, 0.717) is 30.0 Å². The van der Waals surface area contributed by atoms with Gasteiger partial charge in [-0.2, -0.15) is 0 Å². The Balaban J connectivity index is 2.35. The van der Waals surface area contributed by atoms with Crippen molar-refractivity contribution in [2.75, 3.05) is 6.61 Å². The molecule has 0 aromatic heterocycles. The van der Waals surface area contributed by atoms with Gasteiger partial charge in [-0.1, -0.05) is 24.6 Å². The summed E-state index contributed by atoms with van der Waals surface area (Å²) in [6.07, 6.45) is 1.58. The molecule has 1 aromatic rings. The molecule has 0 radical (unpaired) electrons. The molecule has 0 spiro atoms. The summed E-state index contributed by atoms with van der Waals surface area (Å²) in [4.78, 5) is 0. The largest absolute Gasteiger partial charge is 0.385 e. The lowest BCUT2D eigenvalue weighted by molar-refractivity contribution is -0.158. The van der Waals surface area contributed by atoms with Crippen LogP contribution in [0.15, 0.2) is 18.2 Å². The highest BCUT2D eigenvalue weighted by Crippen LogP contribution is 2.42. The Hall–Kier alpha value is -0.640. The van der Waals surface area contributed by atoms with Crippen LogP contribution in [-0.2, 0) is 10.3 Å². The molecule has 2 unspecified atom stereocenters. The summed E-state index contributed by atoms with van der Waals surface area (Å²) >= 11 is 5.74. The van der Waals surface area contributed by atoms with E-state index in [0.717, 1.165) is 6.42 Å². The Morgan fingerprint density at radius 1 is 1.50 bits per heavy atom. The average molecular weight is 273 g/mol. The molecule has 1 heterocycles. The minimum atomic E-state index is -1.17. The molecule has 0 aliphatic carbocycles. The molecule has 0 bridgehead atoms. The SMILES string of the molecule is CCC1(C)CC(O)(c2ccc(Cl)cc2F)CCO1. The number of hydrogen-bond donors (Lipinski definition) is 1. The van der Waals surface area contributed by atoms with E-state index >= 15 is 0 Å². The maximum atomic E-state index is 14.0. The molecule has 1 aliphatic rings. The number of ether oxygens (including phenoxy) is 1. The summed E-state index contributed by atoms with van der Waals surface area (Å²) in [5.41, 5.74) is -1.26.